The van der Waals surface area contributed by atoms with Gasteiger partial charge >= 0.3 is 0 Å². The fourth-order valence-corrected chi connectivity index (χ4v) is 4.04. The molecule has 4 aromatic heterocycles. The van der Waals surface area contributed by atoms with Crippen LogP contribution in [-0.4, -0.2) is 76.1 Å². The molecule has 0 unspecified atom stereocenters. The first kappa shape index (κ1) is 17.3. The van der Waals surface area contributed by atoms with Crippen LogP contribution in [-0.2, 0) is 0 Å². The third kappa shape index (κ3) is 3.16. The summed E-state index contributed by atoms with van der Waals surface area (Å²) in [5.74, 6) is 0.923. The summed E-state index contributed by atoms with van der Waals surface area (Å²) in [6.45, 7) is 6.67. The van der Waals surface area contributed by atoms with Gasteiger partial charge in [-0.1, -0.05) is 0 Å². The molecule has 0 aliphatic carbocycles. The molecule has 1 fully saturated rings. The summed E-state index contributed by atoms with van der Waals surface area (Å²) in [6, 6.07) is 3.97. The number of fused-ring (bicyclic) bond motifs is 5. The number of hydrogen-bond acceptors (Lipinski definition) is 6. The molecule has 28 heavy (non-hydrogen) atoms. The maximum Gasteiger partial charge on any atom is 0.136 e. The molecule has 2 N–H and O–H groups in total. The van der Waals surface area contributed by atoms with Gasteiger partial charge in [0.2, 0.25) is 0 Å². The summed E-state index contributed by atoms with van der Waals surface area (Å²) < 4.78 is 0. The van der Waals surface area contributed by atoms with Crippen LogP contribution in [0, 0.1) is 0 Å². The molecule has 0 saturated carbocycles. The summed E-state index contributed by atoms with van der Waals surface area (Å²) in [5, 5.41) is 6.82. The number of likely N-dealkylation sites (N-methyl/N-ethyl adjacent to an activating group) is 1. The average Bonchev–Trinajstić information content (AvgIpc) is 3.12. The van der Waals surface area contributed by atoms with Gasteiger partial charge in [-0.2, -0.15) is 0 Å². The van der Waals surface area contributed by atoms with Gasteiger partial charge in [0.1, 0.15) is 5.82 Å². The van der Waals surface area contributed by atoms with Gasteiger partial charge in [0.15, 0.2) is 0 Å². The van der Waals surface area contributed by atoms with E-state index < -0.39 is 0 Å². The van der Waals surface area contributed by atoms with Crippen LogP contribution in [0.1, 0.15) is 6.42 Å². The largest absolute Gasteiger partial charge is 0.369 e. The normalized spacial score (nSPS) is 16.3. The van der Waals surface area contributed by atoms with Crippen molar-refractivity contribution in [3.63, 3.8) is 0 Å². The van der Waals surface area contributed by atoms with Crippen molar-refractivity contribution in [2.75, 3.05) is 51.6 Å². The number of aromatic amines is 1. The molecule has 5 rings (SSSR count). The molecule has 1 aliphatic rings. The molecule has 0 spiro atoms. The SMILES string of the molecule is CN1CCN(CCCNc2nc3ccncc3c3[nH]c4ccncc4c23)CC1. The molecule has 0 amide bonds. The highest BCUT2D eigenvalue weighted by Gasteiger charge is 2.15. The Labute approximate surface area is 163 Å². The van der Waals surface area contributed by atoms with Crippen LogP contribution in [0.5, 0.6) is 0 Å². The van der Waals surface area contributed by atoms with Gasteiger partial charge < -0.3 is 20.1 Å². The van der Waals surface area contributed by atoms with Gasteiger partial charge in [-0.3, -0.25) is 9.97 Å². The zero-order valence-corrected chi connectivity index (χ0v) is 16.1. The second-order valence-electron chi connectivity index (χ2n) is 7.57. The Morgan fingerprint density at radius 1 is 1.04 bits per heavy atom. The minimum atomic E-state index is 0.901. The topological polar surface area (TPSA) is 73.0 Å². The summed E-state index contributed by atoms with van der Waals surface area (Å²) >= 11 is 0. The first-order valence-corrected chi connectivity index (χ1v) is 9.93. The number of pyridine rings is 3. The Morgan fingerprint density at radius 3 is 2.68 bits per heavy atom. The van der Waals surface area contributed by atoms with E-state index in [0.717, 1.165) is 84.2 Å². The van der Waals surface area contributed by atoms with Crippen molar-refractivity contribution in [3.8, 4) is 0 Å². The van der Waals surface area contributed by atoms with Gasteiger partial charge in [-0.05, 0) is 32.1 Å². The lowest BCUT2D eigenvalue weighted by molar-refractivity contribution is 0.154. The second kappa shape index (κ2) is 7.33. The van der Waals surface area contributed by atoms with Crippen LogP contribution in [0.4, 0.5) is 5.82 Å². The van der Waals surface area contributed by atoms with Crippen LogP contribution in [0.3, 0.4) is 0 Å². The lowest BCUT2D eigenvalue weighted by Crippen LogP contribution is -2.44. The molecule has 0 bridgehead atoms. The number of rotatable bonds is 5. The summed E-state index contributed by atoms with van der Waals surface area (Å²) in [7, 11) is 2.20. The number of anilines is 1. The van der Waals surface area contributed by atoms with Gasteiger partial charge in [-0.25, -0.2) is 4.98 Å². The van der Waals surface area contributed by atoms with E-state index in [-0.39, 0.29) is 0 Å². The van der Waals surface area contributed by atoms with E-state index in [2.05, 4.69) is 37.1 Å². The van der Waals surface area contributed by atoms with Crippen LogP contribution in [0.2, 0.25) is 0 Å². The Hall–Kier alpha value is -2.77. The minimum Gasteiger partial charge on any atom is -0.369 e. The van der Waals surface area contributed by atoms with Crippen LogP contribution < -0.4 is 5.32 Å². The third-order valence-corrected chi connectivity index (χ3v) is 5.68. The molecule has 1 aliphatic heterocycles. The van der Waals surface area contributed by atoms with E-state index in [1.165, 1.54) is 0 Å². The van der Waals surface area contributed by atoms with E-state index in [0.29, 0.717) is 0 Å². The maximum absolute atomic E-state index is 4.90. The predicted molar refractivity (Wildman–Crippen MR) is 114 cm³/mol. The fraction of sp³-hybridized carbons (Fsp3) is 0.381. The van der Waals surface area contributed by atoms with Crippen molar-refractivity contribution < 1.29 is 0 Å². The zero-order valence-electron chi connectivity index (χ0n) is 16.1. The van der Waals surface area contributed by atoms with Gasteiger partial charge in [0, 0.05) is 73.8 Å². The first-order valence-electron chi connectivity index (χ1n) is 9.93. The number of nitrogens with zero attached hydrogens (tertiary/aromatic N) is 5. The molecule has 7 nitrogen and oxygen atoms in total. The number of nitrogens with one attached hydrogen (secondary N) is 2. The number of piperazine rings is 1. The molecule has 5 heterocycles. The molecule has 0 atom stereocenters. The van der Waals surface area contributed by atoms with Crippen molar-refractivity contribution >= 4 is 38.5 Å². The maximum atomic E-state index is 4.90. The standard InChI is InChI=1S/C21H25N7/c1-27-9-11-28(12-10-27)8-2-5-24-21-19-15-13-22-6-3-17(15)25-20(19)16-14-23-7-4-18(16)26-21/h3-4,6-7,13-14,25H,2,5,8-12H2,1H3,(H,24,26). The van der Waals surface area contributed by atoms with E-state index in [1.807, 2.05) is 30.7 Å². The predicted octanol–water partition coefficient (Wildman–Crippen LogP) is 2.71. The molecule has 4 aromatic rings. The minimum absolute atomic E-state index is 0.901. The molecule has 1 saturated heterocycles. The Bertz CT molecular complexity index is 1110. The van der Waals surface area contributed by atoms with Crippen molar-refractivity contribution in [2.24, 2.45) is 0 Å². The molecular formula is C21H25N7. The first-order chi connectivity index (χ1) is 13.8. The Kier molecular flexibility index (Phi) is 4.54. The van der Waals surface area contributed by atoms with E-state index in [9.17, 15) is 0 Å². The summed E-state index contributed by atoms with van der Waals surface area (Å²) in [6.07, 6.45) is 8.50. The van der Waals surface area contributed by atoms with Gasteiger partial charge in [0.25, 0.3) is 0 Å². The quantitative estimate of drug-likeness (QED) is 0.523. The molecule has 0 aromatic carbocycles. The van der Waals surface area contributed by atoms with E-state index in [4.69, 9.17) is 4.98 Å². The van der Waals surface area contributed by atoms with Crippen molar-refractivity contribution in [1.29, 1.82) is 0 Å². The zero-order chi connectivity index (χ0) is 18.9. The smallest absolute Gasteiger partial charge is 0.136 e. The summed E-state index contributed by atoms with van der Waals surface area (Å²) in [5.41, 5.74) is 3.09. The highest BCUT2D eigenvalue weighted by atomic mass is 15.2. The summed E-state index contributed by atoms with van der Waals surface area (Å²) in [4.78, 5) is 22.0. The number of hydrogen-bond donors (Lipinski definition) is 2. The highest BCUT2D eigenvalue weighted by Crippen LogP contribution is 2.34. The van der Waals surface area contributed by atoms with Crippen molar-refractivity contribution in [2.45, 2.75) is 6.42 Å². The van der Waals surface area contributed by atoms with Crippen LogP contribution in [0.15, 0.2) is 36.9 Å². The monoisotopic (exact) mass is 375 g/mol. The lowest BCUT2D eigenvalue weighted by Gasteiger charge is -2.32. The average molecular weight is 375 g/mol. The number of H-pyrrole nitrogens is 1. The van der Waals surface area contributed by atoms with E-state index >= 15 is 0 Å². The van der Waals surface area contributed by atoms with Crippen LogP contribution >= 0.6 is 0 Å². The Balaban J connectivity index is 1.41. The Morgan fingerprint density at radius 2 is 1.82 bits per heavy atom. The highest BCUT2D eigenvalue weighted by molar-refractivity contribution is 6.19. The van der Waals surface area contributed by atoms with Gasteiger partial charge in [0.05, 0.1) is 16.4 Å². The lowest BCUT2D eigenvalue weighted by atomic mass is 10.1. The van der Waals surface area contributed by atoms with Crippen molar-refractivity contribution in [1.82, 2.24) is 29.7 Å². The van der Waals surface area contributed by atoms with Gasteiger partial charge in [-0.15, -0.1) is 0 Å². The van der Waals surface area contributed by atoms with Crippen LogP contribution in [0.25, 0.3) is 32.7 Å². The second-order valence-corrected chi connectivity index (χ2v) is 7.57. The molecule has 0 radical (unpaired) electrons. The third-order valence-electron chi connectivity index (χ3n) is 5.68. The van der Waals surface area contributed by atoms with E-state index in [1.54, 1.807) is 6.20 Å². The van der Waals surface area contributed by atoms with Crippen molar-refractivity contribution in [3.05, 3.63) is 36.9 Å². The fourth-order valence-electron chi connectivity index (χ4n) is 4.04. The number of aromatic nitrogens is 4. The molecule has 7 heteroatoms. The molecule has 144 valence electrons. The molecular weight excluding hydrogens is 350 g/mol.